The number of carbonyl (C=O) groups excluding carboxylic acids is 1. The van der Waals surface area contributed by atoms with Crippen molar-refractivity contribution in [2.75, 3.05) is 13.2 Å². The lowest BCUT2D eigenvalue weighted by Crippen LogP contribution is -2.51. The van der Waals surface area contributed by atoms with E-state index in [1.165, 1.54) is 11.1 Å². The van der Waals surface area contributed by atoms with Crippen molar-refractivity contribution in [3.63, 3.8) is 0 Å². The van der Waals surface area contributed by atoms with Crippen molar-refractivity contribution >= 4 is 12.0 Å². The van der Waals surface area contributed by atoms with Crippen molar-refractivity contribution in [1.29, 1.82) is 0 Å². The van der Waals surface area contributed by atoms with Gasteiger partial charge in [-0.2, -0.15) is 0 Å². The topological polar surface area (TPSA) is 64.7 Å². The molecule has 0 aromatic heterocycles. The molecule has 3 rings (SSSR count). The van der Waals surface area contributed by atoms with E-state index < -0.39 is 0 Å². The molecule has 0 spiro atoms. The number of oxime groups is 1. The predicted molar refractivity (Wildman–Crippen MR) is 106 cm³/mol. The minimum absolute atomic E-state index is 0.00560. The Morgan fingerprint density at radius 1 is 1.35 bits per heavy atom. The van der Waals surface area contributed by atoms with Gasteiger partial charge in [-0.15, -0.1) is 0 Å². The molecule has 1 fully saturated rings. The number of rotatable bonds is 5. The summed E-state index contributed by atoms with van der Waals surface area (Å²) in [7, 11) is 0. The van der Waals surface area contributed by atoms with Gasteiger partial charge in [0.15, 0.2) is 5.78 Å². The largest absolute Gasteiger partial charge is 0.395 e. The molecule has 1 saturated carbocycles. The average molecular weight is 357 g/mol. The highest BCUT2D eigenvalue weighted by Crippen LogP contribution is 2.56. The van der Waals surface area contributed by atoms with Crippen LogP contribution in [0.4, 0.5) is 0 Å². The number of carbonyl (C=O) groups is 1. The zero-order valence-electron chi connectivity index (χ0n) is 16.5. The molecule has 0 bridgehead atoms. The minimum Gasteiger partial charge on any atom is -0.395 e. The van der Waals surface area contributed by atoms with Crippen LogP contribution in [-0.4, -0.2) is 25.1 Å². The number of benzene rings is 1. The van der Waals surface area contributed by atoms with Crippen LogP contribution in [-0.2, 0) is 10.3 Å². The molecule has 2 aliphatic rings. The van der Waals surface area contributed by atoms with Crippen LogP contribution >= 0.6 is 0 Å². The van der Waals surface area contributed by atoms with Crippen molar-refractivity contribution in [3.05, 3.63) is 34.9 Å². The number of nitrogens with zero attached hydrogens (tertiary/aromatic N) is 1. The zero-order valence-corrected chi connectivity index (χ0v) is 16.5. The van der Waals surface area contributed by atoms with Crippen LogP contribution in [0, 0.1) is 11.3 Å². The van der Waals surface area contributed by atoms with E-state index >= 15 is 0 Å². The van der Waals surface area contributed by atoms with Crippen LogP contribution in [0.25, 0.3) is 0 Å². The van der Waals surface area contributed by atoms with E-state index in [0.717, 1.165) is 24.8 Å². The normalized spacial score (nSPS) is 31.2. The lowest BCUT2D eigenvalue weighted by Gasteiger charge is -2.53. The van der Waals surface area contributed by atoms with Gasteiger partial charge in [-0.05, 0) is 47.3 Å². The quantitative estimate of drug-likeness (QED) is 0.482. The number of hydrogen-bond donors (Lipinski definition) is 1. The highest BCUT2D eigenvalue weighted by molar-refractivity contribution is 6.00. The lowest BCUT2D eigenvalue weighted by atomic mass is 9.50. The van der Waals surface area contributed by atoms with Gasteiger partial charge >= 0.3 is 0 Å². The SMILES string of the molecule is CC(C)c1ccc2c(c1)C(=O)CC1[C@@](C)(C=NOCCN)CCC[C@]21C. The van der Waals surface area contributed by atoms with Crippen molar-refractivity contribution in [1.82, 2.24) is 0 Å². The first-order chi connectivity index (χ1) is 12.3. The Morgan fingerprint density at radius 2 is 2.12 bits per heavy atom. The Labute approximate surface area is 157 Å². The monoisotopic (exact) mass is 356 g/mol. The average Bonchev–Trinajstić information content (AvgIpc) is 2.61. The molecule has 0 amide bonds. The van der Waals surface area contributed by atoms with Crippen LogP contribution in [0.15, 0.2) is 23.4 Å². The minimum atomic E-state index is -0.133. The van der Waals surface area contributed by atoms with Crippen molar-refractivity contribution < 1.29 is 9.63 Å². The van der Waals surface area contributed by atoms with E-state index in [1.54, 1.807) is 0 Å². The van der Waals surface area contributed by atoms with Crippen molar-refractivity contribution in [2.45, 2.75) is 64.7 Å². The molecule has 0 heterocycles. The molecule has 26 heavy (non-hydrogen) atoms. The highest BCUT2D eigenvalue weighted by atomic mass is 16.6. The molecule has 4 nitrogen and oxygen atoms in total. The maximum atomic E-state index is 13.0. The Bertz CT molecular complexity index is 712. The molecule has 0 aliphatic heterocycles. The van der Waals surface area contributed by atoms with E-state index in [1.807, 2.05) is 6.21 Å². The Balaban J connectivity index is 1.99. The molecule has 1 aromatic rings. The molecular weight excluding hydrogens is 324 g/mol. The number of Topliss-reactive ketones (excluding diaryl/α,β-unsaturated/α-hetero) is 1. The molecule has 0 saturated heterocycles. The summed E-state index contributed by atoms with van der Waals surface area (Å²) >= 11 is 0. The number of hydrogen-bond acceptors (Lipinski definition) is 4. The summed E-state index contributed by atoms with van der Waals surface area (Å²) in [5, 5.41) is 4.18. The molecule has 1 unspecified atom stereocenters. The summed E-state index contributed by atoms with van der Waals surface area (Å²) in [6, 6.07) is 6.55. The summed E-state index contributed by atoms with van der Waals surface area (Å²) in [5.41, 5.74) is 8.75. The molecule has 2 N–H and O–H groups in total. The van der Waals surface area contributed by atoms with Crippen LogP contribution in [0.1, 0.15) is 80.8 Å². The first-order valence-corrected chi connectivity index (χ1v) is 9.86. The third-order valence-electron chi connectivity index (χ3n) is 6.62. The van der Waals surface area contributed by atoms with Gasteiger partial charge < -0.3 is 10.6 Å². The van der Waals surface area contributed by atoms with Crippen LogP contribution in [0.5, 0.6) is 0 Å². The van der Waals surface area contributed by atoms with Gasteiger partial charge in [0.05, 0.1) is 0 Å². The molecule has 4 heteroatoms. The third kappa shape index (κ3) is 3.20. The van der Waals surface area contributed by atoms with Crippen LogP contribution in [0.3, 0.4) is 0 Å². The van der Waals surface area contributed by atoms with E-state index in [9.17, 15) is 4.79 Å². The summed E-state index contributed by atoms with van der Waals surface area (Å²) < 4.78 is 0. The summed E-state index contributed by atoms with van der Waals surface area (Å²) in [6.45, 7) is 9.80. The maximum absolute atomic E-state index is 13.0. The predicted octanol–water partition coefficient (Wildman–Crippen LogP) is 4.42. The first-order valence-electron chi connectivity index (χ1n) is 9.86. The second-order valence-electron chi connectivity index (χ2n) is 8.77. The smallest absolute Gasteiger partial charge is 0.163 e. The molecule has 3 atom stereocenters. The summed E-state index contributed by atoms with van der Waals surface area (Å²) in [6.07, 6.45) is 5.81. The van der Waals surface area contributed by atoms with Gasteiger partial charge in [-0.3, -0.25) is 4.79 Å². The molecule has 0 radical (unpaired) electrons. The second kappa shape index (κ2) is 7.15. The zero-order chi connectivity index (χ0) is 18.9. The van der Waals surface area contributed by atoms with E-state index in [0.29, 0.717) is 25.5 Å². The third-order valence-corrected chi connectivity index (χ3v) is 6.62. The van der Waals surface area contributed by atoms with E-state index in [4.69, 9.17) is 10.6 Å². The molecular formula is C22H32N2O2. The molecule has 2 aliphatic carbocycles. The Kier molecular flexibility index (Phi) is 5.25. The summed E-state index contributed by atoms with van der Waals surface area (Å²) in [4.78, 5) is 18.3. The molecule has 1 aromatic carbocycles. The van der Waals surface area contributed by atoms with Gasteiger partial charge in [0.25, 0.3) is 0 Å². The number of fused-ring (bicyclic) bond motifs is 3. The highest BCUT2D eigenvalue weighted by Gasteiger charge is 2.53. The Hall–Kier alpha value is -1.68. The van der Waals surface area contributed by atoms with Gasteiger partial charge in [0.1, 0.15) is 6.61 Å². The van der Waals surface area contributed by atoms with Crippen LogP contribution in [0.2, 0.25) is 0 Å². The maximum Gasteiger partial charge on any atom is 0.163 e. The van der Waals surface area contributed by atoms with Crippen molar-refractivity contribution in [2.24, 2.45) is 22.2 Å². The number of ketones is 1. The molecule has 142 valence electrons. The Morgan fingerprint density at radius 3 is 2.81 bits per heavy atom. The van der Waals surface area contributed by atoms with E-state index in [2.05, 4.69) is 51.0 Å². The number of nitrogens with two attached hydrogens (primary N) is 1. The van der Waals surface area contributed by atoms with Gasteiger partial charge in [0, 0.05) is 30.2 Å². The standard InChI is InChI=1S/C22H32N2O2/c1-15(2)16-6-7-18-17(12-16)19(25)13-20-21(3,14-24-26-11-10-23)8-5-9-22(18,20)4/h6-7,12,14-15,20H,5,8-11,13,23H2,1-4H3/t20?,21-,22-/m1/s1. The second-order valence-corrected chi connectivity index (χ2v) is 8.77. The van der Waals surface area contributed by atoms with Crippen molar-refractivity contribution in [3.8, 4) is 0 Å². The fraction of sp³-hybridized carbons (Fsp3) is 0.636. The fourth-order valence-corrected chi connectivity index (χ4v) is 5.06. The van der Waals surface area contributed by atoms with Crippen LogP contribution < -0.4 is 5.73 Å². The van der Waals surface area contributed by atoms with Gasteiger partial charge in [0.2, 0.25) is 0 Å². The van der Waals surface area contributed by atoms with Gasteiger partial charge in [-0.25, -0.2) is 0 Å². The summed E-state index contributed by atoms with van der Waals surface area (Å²) in [5.74, 6) is 0.954. The fourth-order valence-electron chi connectivity index (χ4n) is 5.06. The van der Waals surface area contributed by atoms with E-state index in [-0.39, 0.29) is 22.5 Å². The first kappa shape index (κ1) is 19.1. The lowest BCUT2D eigenvalue weighted by molar-refractivity contribution is 0.0594. The van der Waals surface area contributed by atoms with Gasteiger partial charge in [-0.1, -0.05) is 51.4 Å².